The first-order valence-electron chi connectivity index (χ1n) is 10.6. The van der Waals surface area contributed by atoms with Gasteiger partial charge in [-0.25, -0.2) is 8.42 Å². The van der Waals surface area contributed by atoms with E-state index in [4.69, 9.17) is 4.74 Å². The van der Waals surface area contributed by atoms with E-state index >= 15 is 0 Å². The van der Waals surface area contributed by atoms with E-state index in [2.05, 4.69) is 10.0 Å². The van der Waals surface area contributed by atoms with Crippen molar-refractivity contribution in [1.82, 2.24) is 4.72 Å². The molecule has 32 heavy (non-hydrogen) atoms. The van der Waals surface area contributed by atoms with Gasteiger partial charge in [0.1, 0.15) is 11.8 Å². The maximum absolute atomic E-state index is 13.0. The van der Waals surface area contributed by atoms with E-state index in [1.54, 1.807) is 55.1 Å². The molecule has 0 radical (unpaired) electrons. The number of carbonyl (C=O) groups excluding carboxylic acids is 2. The summed E-state index contributed by atoms with van der Waals surface area (Å²) in [7, 11) is -3.95. The Balaban J connectivity index is 1.76. The third kappa shape index (κ3) is 5.28. The van der Waals surface area contributed by atoms with E-state index in [0.717, 1.165) is 11.3 Å². The Bertz CT molecular complexity index is 1100. The number of sulfonamides is 1. The molecule has 2 aromatic rings. The summed E-state index contributed by atoms with van der Waals surface area (Å²) in [5.41, 5.74) is 2.07. The summed E-state index contributed by atoms with van der Waals surface area (Å²) in [6, 6.07) is 10.6. The lowest BCUT2D eigenvalue weighted by molar-refractivity contribution is -0.118. The van der Waals surface area contributed by atoms with Crippen LogP contribution in [0.2, 0.25) is 0 Å². The van der Waals surface area contributed by atoms with Crippen molar-refractivity contribution in [3.63, 3.8) is 0 Å². The van der Waals surface area contributed by atoms with Crippen molar-refractivity contribution in [2.45, 2.75) is 45.1 Å². The third-order valence-electron chi connectivity index (χ3n) is 5.30. The number of hydrogen-bond acceptors (Lipinski definition) is 5. The molecular weight excluding hydrogens is 430 g/mol. The molecule has 1 aliphatic heterocycles. The van der Waals surface area contributed by atoms with Crippen LogP contribution in [0.3, 0.4) is 0 Å². The van der Waals surface area contributed by atoms with Crippen LogP contribution in [0, 0.1) is 5.92 Å². The molecule has 1 aliphatic rings. The fourth-order valence-corrected chi connectivity index (χ4v) is 5.02. The molecule has 9 heteroatoms. The molecule has 0 spiro atoms. The molecule has 172 valence electrons. The Morgan fingerprint density at radius 1 is 1.12 bits per heavy atom. The summed E-state index contributed by atoms with van der Waals surface area (Å²) in [6.07, 6.45) is 0.587. The second-order valence-corrected chi connectivity index (χ2v) is 9.71. The van der Waals surface area contributed by atoms with Crippen molar-refractivity contribution in [3.05, 3.63) is 48.0 Å². The third-order valence-corrected chi connectivity index (χ3v) is 6.74. The van der Waals surface area contributed by atoms with Gasteiger partial charge in [-0.2, -0.15) is 4.72 Å². The van der Waals surface area contributed by atoms with Crippen molar-refractivity contribution in [3.8, 4) is 5.75 Å². The molecule has 0 unspecified atom stereocenters. The first-order valence-corrected chi connectivity index (χ1v) is 12.1. The number of benzene rings is 2. The fraction of sp³-hybridized carbons (Fsp3) is 0.391. The average Bonchev–Trinajstić information content (AvgIpc) is 3.17. The highest BCUT2D eigenvalue weighted by Crippen LogP contribution is 2.30. The van der Waals surface area contributed by atoms with Crippen LogP contribution in [-0.2, 0) is 26.0 Å². The van der Waals surface area contributed by atoms with Gasteiger partial charge in [0.25, 0.3) is 0 Å². The van der Waals surface area contributed by atoms with Crippen LogP contribution in [0.25, 0.3) is 0 Å². The highest BCUT2D eigenvalue weighted by molar-refractivity contribution is 7.89. The van der Waals surface area contributed by atoms with Crippen LogP contribution in [0.5, 0.6) is 5.75 Å². The van der Waals surface area contributed by atoms with E-state index in [1.807, 2.05) is 6.92 Å². The number of nitrogens with one attached hydrogen (secondary N) is 2. The molecule has 3 rings (SSSR count). The number of ether oxygens (including phenoxy) is 1. The van der Waals surface area contributed by atoms with E-state index in [-0.39, 0.29) is 16.7 Å². The molecular formula is C23H29N3O5S. The molecule has 0 bridgehead atoms. The SMILES string of the molecule is CCOc1ccc(NC(=O)[C@H](NS(=O)(=O)c2ccc3c(c2)CCN3C(C)=O)C(C)C)cc1. The lowest BCUT2D eigenvalue weighted by atomic mass is 10.0. The van der Waals surface area contributed by atoms with Crippen LogP contribution in [0.4, 0.5) is 11.4 Å². The lowest BCUT2D eigenvalue weighted by Gasteiger charge is -2.22. The maximum Gasteiger partial charge on any atom is 0.242 e. The zero-order valence-corrected chi connectivity index (χ0v) is 19.5. The molecule has 0 saturated carbocycles. The van der Waals surface area contributed by atoms with Gasteiger partial charge in [-0.3, -0.25) is 9.59 Å². The molecule has 2 aromatic carbocycles. The molecule has 1 heterocycles. The van der Waals surface area contributed by atoms with Crippen molar-refractivity contribution in [2.75, 3.05) is 23.4 Å². The largest absolute Gasteiger partial charge is 0.494 e. The van der Waals surface area contributed by atoms with Gasteiger partial charge in [-0.15, -0.1) is 0 Å². The lowest BCUT2D eigenvalue weighted by Crippen LogP contribution is -2.47. The quantitative estimate of drug-likeness (QED) is 0.632. The summed E-state index contributed by atoms with van der Waals surface area (Å²) >= 11 is 0. The Kier molecular flexibility index (Phi) is 7.20. The second-order valence-electron chi connectivity index (χ2n) is 8.00. The molecule has 0 aliphatic carbocycles. The Labute approximate surface area is 189 Å². The minimum atomic E-state index is -3.95. The van der Waals surface area contributed by atoms with Crippen molar-refractivity contribution in [2.24, 2.45) is 5.92 Å². The van der Waals surface area contributed by atoms with Gasteiger partial charge in [-0.05, 0) is 67.3 Å². The first-order chi connectivity index (χ1) is 15.1. The Morgan fingerprint density at radius 2 is 1.81 bits per heavy atom. The van der Waals surface area contributed by atoms with E-state index in [1.165, 1.54) is 13.0 Å². The van der Waals surface area contributed by atoms with Gasteiger partial charge in [-0.1, -0.05) is 13.8 Å². The van der Waals surface area contributed by atoms with Gasteiger partial charge in [0.2, 0.25) is 21.8 Å². The molecule has 2 N–H and O–H groups in total. The molecule has 8 nitrogen and oxygen atoms in total. The highest BCUT2D eigenvalue weighted by Gasteiger charge is 2.30. The standard InChI is InChI=1S/C23H29N3O5S/c1-5-31-19-8-6-18(7-9-19)24-23(28)22(15(2)3)25-32(29,30)20-10-11-21-17(14-20)12-13-26(21)16(4)27/h6-11,14-15,22,25H,5,12-13H2,1-4H3,(H,24,28)/t22-/m1/s1. The van der Waals surface area contributed by atoms with Crippen molar-refractivity contribution < 1.29 is 22.7 Å². The predicted octanol–water partition coefficient (Wildman–Crippen LogP) is 2.94. The van der Waals surface area contributed by atoms with Gasteiger partial charge in [0, 0.05) is 24.8 Å². The second kappa shape index (κ2) is 9.70. The number of fused-ring (bicyclic) bond motifs is 1. The normalized spacial score (nSPS) is 14.2. The monoisotopic (exact) mass is 459 g/mol. The summed E-state index contributed by atoms with van der Waals surface area (Å²) < 4.78 is 34.0. The smallest absolute Gasteiger partial charge is 0.242 e. The number of rotatable bonds is 8. The minimum absolute atomic E-state index is 0.0705. The van der Waals surface area contributed by atoms with E-state index in [0.29, 0.717) is 31.0 Å². The maximum atomic E-state index is 13.0. The molecule has 2 amide bonds. The van der Waals surface area contributed by atoms with Crippen LogP contribution in [0.1, 0.15) is 33.3 Å². The minimum Gasteiger partial charge on any atom is -0.494 e. The van der Waals surface area contributed by atoms with Gasteiger partial charge < -0.3 is 15.0 Å². The van der Waals surface area contributed by atoms with Gasteiger partial charge in [0.15, 0.2) is 0 Å². The topological polar surface area (TPSA) is 105 Å². The number of hydrogen-bond donors (Lipinski definition) is 2. The zero-order chi connectivity index (χ0) is 23.5. The Morgan fingerprint density at radius 3 is 2.41 bits per heavy atom. The van der Waals surface area contributed by atoms with Crippen molar-refractivity contribution >= 4 is 33.2 Å². The van der Waals surface area contributed by atoms with E-state index in [9.17, 15) is 18.0 Å². The van der Waals surface area contributed by atoms with E-state index < -0.39 is 22.0 Å². The number of nitrogens with zero attached hydrogens (tertiary/aromatic N) is 1. The predicted molar refractivity (Wildman–Crippen MR) is 123 cm³/mol. The van der Waals surface area contributed by atoms with Gasteiger partial charge in [0.05, 0.1) is 11.5 Å². The number of anilines is 2. The number of carbonyl (C=O) groups is 2. The van der Waals surface area contributed by atoms with Gasteiger partial charge >= 0.3 is 0 Å². The van der Waals surface area contributed by atoms with Crippen LogP contribution >= 0.6 is 0 Å². The Hall–Kier alpha value is -2.91. The van der Waals surface area contributed by atoms with Crippen LogP contribution in [-0.4, -0.2) is 39.4 Å². The van der Waals surface area contributed by atoms with Crippen LogP contribution in [0.15, 0.2) is 47.4 Å². The summed E-state index contributed by atoms with van der Waals surface area (Å²) in [5.74, 6) is -0.123. The van der Waals surface area contributed by atoms with Crippen LogP contribution < -0.4 is 19.7 Å². The number of amides is 2. The fourth-order valence-electron chi connectivity index (χ4n) is 3.62. The van der Waals surface area contributed by atoms with Crippen molar-refractivity contribution in [1.29, 1.82) is 0 Å². The summed E-state index contributed by atoms with van der Waals surface area (Å²) in [6.45, 7) is 7.99. The zero-order valence-electron chi connectivity index (χ0n) is 18.7. The summed E-state index contributed by atoms with van der Waals surface area (Å²) in [5, 5.41) is 2.76. The average molecular weight is 460 g/mol. The molecule has 1 atom stereocenters. The molecule has 0 saturated heterocycles. The summed E-state index contributed by atoms with van der Waals surface area (Å²) in [4.78, 5) is 26.3. The molecule has 0 fully saturated rings. The first kappa shape index (κ1) is 23.7. The molecule has 0 aromatic heterocycles. The highest BCUT2D eigenvalue weighted by atomic mass is 32.2.